The van der Waals surface area contributed by atoms with E-state index in [0.29, 0.717) is 19.5 Å². The van der Waals surface area contributed by atoms with E-state index < -0.39 is 0 Å². The lowest BCUT2D eigenvalue weighted by Gasteiger charge is -2.44. The summed E-state index contributed by atoms with van der Waals surface area (Å²) < 4.78 is 2.01. The summed E-state index contributed by atoms with van der Waals surface area (Å²) in [6.07, 6.45) is 11.9. The molecule has 0 atom stereocenters. The van der Waals surface area contributed by atoms with Gasteiger partial charge in [-0.25, -0.2) is 4.98 Å². The molecule has 0 unspecified atom stereocenters. The second-order valence-corrected chi connectivity index (χ2v) is 8.01. The van der Waals surface area contributed by atoms with Crippen molar-refractivity contribution >= 4 is 11.8 Å². The van der Waals surface area contributed by atoms with Crippen molar-refractivity contribution < 1.29 is 9.59 Å². The molecule has 2 aromatic rings. The highest BCUT2D eigenvalue weighted by molar-refractivity contribution is 5.99. The van der Waals surface area contributed by atoms with Gasteiger partial charge in [0.25, 0.3) is 5.91 Å². The topological polar surface area (TPSA) is 67.2 Å². The van der Waals surface area contributed by atoms with Gasteiger partial charge in [0, 0.05) is 44.0 Å². The lowest BCUT2D eigenvalue weighted by molar-refractivity contribution is -0.124. The molecule has 1 aromatic heterocycles. The average molecular weight is 380 g/mol. The third-order valence-electron chi connectivity index (χ3n) is 6.14. The monoisotopic (exact) mass is 380 g/mol. The predicted molar refractivity (Wildman–Crippen MR) is 107 cm³/mol. The van der Waals surface area contributed by atoms with Crippen LogP contribution in [0.25, 0.3) is 0 Å². The molecular weight excluding hydrogens is 352 g/mol. The molecule has 0 saturated heterocycles. The number of fused-ring (bicyclic) bond motifs is 1. The zero-order valence-corrected chi connectivity index (χ0v) is 16.3. The highest BCUT2D eigenvalue weighted by Crippen LogP contribution is 2.41. The summed E-state index contributed by atoms with van der Waals surface area (Å²) in [6, 6.07) is 7.83. The average Bonchev–Trinajstić information content (AvgIpc) is 3.35. The van der Waals surface area contributed by atoms with Crippen LogP contribution in [0.1, 0.15) is 60.9 Å². The van der Waals surface area contributed by atoms with Gasteiger partial charge in [-0.15, -0.1) is 0 Å². The molecule has 1 fully saturated rings. The van der Waals surface area contributed by atoms with Gasteiger partial charge in [0.1, 0.15) is 0 Å². The summed E-state index contributed by atoms with van der Waals surface area (Å²) >= 11 is 0. The van der Waals surface area contributed by atoms with E-state index in [1.165, 1.54) is 6.42 Å². The van der Waals surface area contributed by atoms with E-state index in [4.69, 9.17) is 0 Å². The van der Waals surface area contributed by atoms with Gasteiger partial charge in [-0.3, -0.25) is 9.59 Å². The minimum Gasteiger partial charge on any atom is -0.356 e. The van der Waals surface area contributed by atoms with Gasteiger partial charge in [-0.2, -0.15) is 0 Å². The van der Waals surface area contributed by atoms with Gasteiger partial charge in [0.05, 0.1) is 11.9 Å². The number of benzene rings is 1. The van der Waals surface area contributed by atoms with Crippen LogP contribution in [0.5, 0.6) is 0 Å². The Balaban J connectivity index is 1.39. The molecule has 1 N–H and O–H groups in total. The number of imidazole rings is 1. The molecule has 4 rings (SSSR count). The standard InChI is InChI=1S/C22H28N4O2/c27-20(24-11-6-13-25-14-12-23-17-25)15-22(9-4-1-5-10-22)26-16-18-7-2-3-8-19(18)21(26)28/h2-3,7-8,12,14,17H,1,4-6,9-11,13,15-16H2,(H,24,27). The van der Waals surface area contributed by atoms with Gasteiger partial charge in [0.15, 0.2) is 0 Å². The van der Waals surface area contributed by atoms with Crippen LogP contribution in [0.3, 0.4) is 0 Å². The molecule has 6 heteroatoms. The first-order valence-corrected chi connectivity index (χ1v) is 10.3. The maximum atomic E-state index is 13.1. The quantitative estimate of drug-likeness (QED) is 0.751. The van der Waals surface area contributed by atoms with Crippen LogP contribution in [-0.2, 0) is 17.9 Å². The van der Waals surface area contributed by atoms with Crippen molar-refractivity contribution in [2.45, 2.75) is 63.6 Å². The molecule has 1 aromatic carbocycles. The number of carbonyl (C=O) groups is 2. The molecule has 2 aliphatic rings. The van der Waals surface area contributed by atoms with Crippen LogP contribution in [0.2, 0.25) is 0 Å². The Morgan fingerprint density at radius 2 is 2.00 bits per heavy atom. The Labute approximate surface area is 165 Å². The van der Waals surface area contributed by atoms with Crippen molar-refractivity contribution in [2.24, 2.45) is 0 Å². The van der Waals surface area contributed by atoms with Gasteiger partial charge in [-0.05, 0) is 30.9 Å². The Morgan fingerprint density at radius 3 is 2.75 bits per heavy atom. The van der Waals surface area contributed by atoms with Crippen molar-refractivity contribution in [2.75, 3.05) is 6.54 Å². The van der Waals surface area contributed by atoms with E-state index in [0.717, 1.165) is 49.8 Å². The minimum atomic E-state index is -0.344. The Bertz CT molecular complexity index is 825. The number of rotatable bonds is 7. The van der Waals surface area contributed by atoms with E-state index in [-0.39, 0.29) is 17.4 Å². The molecule has 6 nitrogen and oxygen atoms in total. The Morgan fingerprint density at radius 1 is 1.18 bits per heavy atom. The summed E-state index contributed by atoms with van der Waals surface area (Å²) in [5.41, 5.74) is 1.54. The van der Waals surface area contributed by atoms with Crippen molar-refractivity contribution in [3.63, 3.8) is 0 Å². The fourth-order valence-electron chi connectivity index (χ4n) is 4.66. The lowest BCUT2D eigenvalue weighted by Crippen LogP contribution is -2.52. The second kappa shape index (κ2) is 8.17. The molecule has 28 heavy (non-hydrogen) atoms. The largest absolute Gasteiger partial charge is 0.356 e. The molecule has 2 heterocycles. The number of nitrogens with zero attached hydrogens (tertiary/aromatic N) is 3. The number of hydrogen-bond acceptors (Lipinski definition) is 3. The first-order chi connectivity index (χ1) is 13.7. The number of carbonyl (C=O) groups excluding carboxylic acids is 2. The van der Waals surface area contributed by atoms with Crippen molar-refractivity contribution in [3.8, 4) is 0 Å². The summed E-state index contributed by atoms with van der Waals surface area (Å²) in [5.74, 6) is 0.140. The molecule has 0 radical (unpaired) electrons. The maximum absolute atomic E-state index is 13.1. The first-order valence-electron chi connectivity index (χ1n) is 10.3. The SMILES string of the molecule is O=C(CC1(N2Cc3ccccc3C2=O)CCCCC1)NCCCn1ccnc1. The molecule has 1 aliphatic carbocycles. The number of nitrogens with one attached hydrogen (secondary N) is 1. The van der Waals surface area contributed by atoms with Crippen molar-refractivity contribution in [1.82, 2.24) is 19.8 Å². The van der Waals surface area contributed by atoms with E-state index in [1.807, 2.05) is 39.9 Å². The van der Waals surface area contributed by atoms with Crippen LogP contribution >= 0.6 is 0 Å². The molecule has 2 amide bonds. The molecule has 0 spiro atoms. The van der Waals surface area contributed by atoms with E-state index in [1.54, 1.807) is 12.5 Å². The third-order valence-corrected chi connectivity index (χ3v) is 6.14. The Hall–Kier alpha value is -2.63. The highest BCUT2D eigenvalue weighted by Gasteiger charge is 2.45. The number of aryl methyl sites for hydroxylation is 1. The Kier molecular flexibility index (Phi) is 5.46. The van der Waals surface area contributed by atoms with Gasteiger partial charge in [0.2, 0.25) is 5.91 Å². The zero-order chi connectivity index (χ0) is 19.4. The zero-order valence-electron chi connectivity index (χ0n) is 16.3. The summed E-state index contributed by atoms with van der Waals surface area (Å²) in [7, 11) is 0. The fraction of sp³-hybridized carbons (Fsp3) is 0.500. The summed E-state index contributed by atoms with van der Waals surface area (Å²) in [5, 5.41) is 3.07. The van der Waals surface area contributed by atoms with Crippen LogP contribution < -0.4 is 5.32 Å². The van der Waals surface area contributed by atoms with E-state index in [9.17, 15) is 9.59 Å². The number of aromatic nitrogens is 2. The van der Waals surface area contributed by atoms with Crippen molar-refractivity contribution in [1.29, 1.82) is 0 Å². The maximum Gasteiger partial charge on any atom is 0.254 e. The van der Waals surface area contributed by atoms with Crippen LogP contribution in [0, 0.1) is 0 Å². The van der Waals surface area contributed by atoms with Gasteiger partial charge < -0.3 is 14.8 Å². The van der Waals surface area contributed by atoms with E-state index >= 15 is 0 Å². The number of hydrogen-bond donors (Lipinski definition) is 1. The van der Waals surface area contributed by atoms with E-state index in [2.05, 4.69) is 10.3 Å². The molecule has 0 bridgehead atoms. The van der Waals surface area contributed by atoms with Crippen molar-refractivity contribution in [3.05, 3.63) is 54.1 Å². The predicted octanol–water partition coefficient (Wildman–Crippen LogP) is 3.14. The minimum absolute atomic E-state index is 0.0521. The first kappa shape index (κ1) is 18.7. The van der Waals surface area contributed by atoms with Crippen LogP contribution in [0.4, 0.5) is 0 Å². The third kappa shape index (κ3) is 3.81. The van der Waals surface area contributed by atoms with Gasteiger partial charge >= 0.3 is 0 Å². The van der Waals surface area contributed by atoms with Crippen LogP contribution in [-0.4, -0.2) is 38.3 Å². The number of amides is 2. The molecular formula is C22H28N4O2. The fourth-order valence-corrected chi connectivity index (χ4v) is 4.66. The smallest absolute Gasteiger partial charge is 0.254 e. The molecule has 1 saturated carbocycles. The highest BCUT2D eigenvalue weighted by atomic mass is 16.2. The lowest BCUT2D eigenvalue weighted by atomic mass is 9.77. The second-order valence-electron chi connectivity index (χ2n) is 8.01. The molecule has 148 valence electrons. The summed E-state index contributed by atoms with van der Waals surface area (Å²) in [6.45, 7) is 2.11. The normalized spacial score (nSPS) is 18.1. The summed E-state index contributed by atoms with van der Waals surface area (Å²) in [4.78, 5) is 31.8. The molecule has 1 aliphatic heterocycles. The van der Waals surface area contributed by atoms with Crippen LogP contribution in [0.15, 0.2) is 43.0 Å². The van der Waals surface area contributed by atoms with Gasteiger partial charge in [-0.1, -0.05) is 37.5 Å².